The molecule has 1 aromatic carbocycles. The van der Waals surface area contributed by atoms with Gasteiger partial charge >= 0.3 is 7.12 Å². The zero-order valence-electron chi connectivity index (χ0n) is 5.21. The molecule has 0 atom stereocenters. The summed E-state index contributed by atoms with van der Waals surface area (Å²) in [6.45, 7) is 0. The maximum Gasteiger partial charge on any atom is 0.488 e. The Bertz CT molecular complexity index is 178. The maximum atomic E-state index is 8.58. The van der Waals surface area contributed by atoms with Crippen molar-refractivity contribution >= 4 is 12.6 Å². The van der Waals surface area contributed by atoms with Crippen LogP contribution in [0.1, 0.15) is 0 Å². The van der Waals surface area contributed by atoms with E-state index in [1.54, 1.807) is 24.3 Å². The Balaban J connectivity index is 0.000000810. The van der Waals surface area contributed by atoms with Gasteiger partial charge in [-0.15, -0.1) is 0 Å². The number of hydrogen-bond donors (Lipinski definition) is 2. The van der Waals surface area contributed by atoms with Crippen molar-refractivity contribution in [3.05, 3.63) is 30.3 Å². The number of hydrogen-bond acceptors (Lipinski definition) is 2. The molecule has 54 valence electrons. The smallest absolute Gasteiger partial charge is 0.423 e. The fourth-order valence-corrected chi connectivity index (χ4v) is 0.625. The topological polar surface area (TPSA) is 40.5 Å². The first-order chi connectivity index (χ1) is 4.30. The third-order valence-electron chi connectivity index (χ3n) is 1.10. The third kappa shape index (κ3) is 2.54. The molecule has 0 saturated carbocycles. The van der Waals surface area contributed by atoms with Crippen LogP contribution in [0.15, 0.2) is 30.3 Å². The van der Waals surface area contributed by atoms with Crippen LogP contribution >= 0.6 is 0 Å². The normalized spacial score (nSPS) is 8.20. The van der Waals surface area contributed by atoms with Crippen molar-refractivity contribution in [2.75, 3.05) is 0 Å². The molecule has 0 fully saturated rings. The van der Waals surface area contributed by atoms with E-state index in [-0.39, 0.29) is 17.1 Å². The van der Waals surface area contributed by atoms with E-state index in [1.807, 2.05) is 6.07 Å². The van der Waals surface area contributed by atoms with Crippen molar-refractivity contribution in [1.29, 1.82) is 0 Å². The summed E-state index contributed by atoms with van der Waals surface area (Å²) in [5.74, 6) is 0. The predicted molar refractivity (Wildman–Crippen MR) is 36.3 cm³/mol. The van der Waals surface area contributed by atoms with Crippen molar-refractivity contribution in [3.8, 4) is 0 Å². The van der Waals surface area contributed by atoms with Crippen LogP contribution in [-0.2, 0) is 17.1 Å². The summed E-state index contributed by atoms with van der Waals surface area (Å²) in [7, 11) is -1.34. The summed E-state index contributed by atoms with van der Waals surface area (Å²) < 4.78 is 0. The summed E-state index contributed by atoms with van der Waals surface area (Å²) >= 11 is 0. The summed E-state index contributed by atoms with van der Waals surface area (Å²) in [5, 5.41) is 17.2. The molecule has 0 heterocycles. The van der Waals surface area contributed by atoms with Crippen molar-refractivity contribution in [3.63, 3.8) is 0 Å². The molecule has 1 rings (SSSR count). The van der Waals surface area contributed by atoms with Gasteiger partial charge in [-0.1, -0.05) is 30.3 Å². The Morgan fingerprint density at radius 3 is 1.80 bits per heavy atom. The number of benzene rings is 1. The van der Waals surface area contributed by atoms with Crippen LogP contribution < -0.4 is 5.46 Å². The molecule has 0 amide bonds. The SMILES string of the molecule is OB(O)c1ccccc1.[Fe]. The fraction of sp³-hybridized carbons (Fsp3) is 0. The van der Waals surface area contributed by atoms with E-state index in [9.17, 15) is 0 Å². The van der Waals surface area contributed by atoms with Gasteiger partial charge in [-0.05, 0) is 5.46 Å². The molecule has 0 aliphatic carbocycles. The van der Waals surface area contributed by atoms with Gasteiger partial charge in [-0.25, -0.2) is 0 Å². The van der Waals surface area contributed by atoms with Gasteiger partial charge in [0.25, 0.3) is 0 Å². The first-order valence-electron chi connectivity index (χ1n) is 2.72. The van der Waals surface area contributed by atoms with Crippen LogP contribution in [0.2, 0.25) is 0 Å². The molecule has 0 bridgehead atoms. The molecule has 4 heteroatoms. The molecular formula is C6H7BFeO2. The van der Waals surface area contributed by atoms with Gasteiger partial charge in [0.2, 0.25) is 0 Å². The third-order valence-corrected chi connectivity index (χ3v) is 1.10. The van der Waals surface area contributed by atoms with E-state index in [1.165, 1.54) is 0 Å². The molecule has 0 saturated heterocycles. The quantitative estimate of drug-likeness (QED) is 0.561. The predicted octanol–water partition coefficient (Wildman–Crippen LogP) is -0.636. The second kappa shape index (κ2) is 4.53. The molecule has 10 heavy (non-hydrogen) atoms. The van der Waals surface area contributed by atoms with Gasteiger partial charge in [0, 0.05) is 17.1 Å². The van der Waals surface area contributed by atoms with Crippen LogP contribution in [0.25, 0.3) is 0 Å². The average molecular weight is 178 g/mol. The van der Waals surface area contributed by atoms with Crippen molar-refractivity contribution < 1.29 is 27.1 Å². The number of rotatable bonds is 1. The molecule has 0 radical (unpaired) electrons. The Kier molecular flexibility index (Phi) is 4.40. The monoisotopic (exact) mass is 178 g/mol. The Labute approximate surface area is 70.5 Å². The summed E-state index contributed by atoms with van der Waals surface area (Å²) in [6.07, 6.45) is 0. The van der Waals surface area contributed by atoms with Gasteiger partial charge in [0.05, 0.1) is 0 Å². The first-order valence-corrected chi connectivity index (χ1v) is 2.72. The Morgan fingerprint density at radius 2 is 1.50 bits per heavy atom. The molecule has 0 unspecified atom stereocenters. The van der Waals surface area contributed by atoms with Crippen LogP contribution in [0.5, 0.6) is 0 Å². The molecule has 2 nitrogen and oxygen atoms in total. The average Bonchev–Trinajstić information content (AvgIpc) is 1.90. The molecule has 0 aliphatic heterocycles. The van der Waals surface area contributed by atoms with Crippen molar-refractivity contribution in [1.82, 2.24) is 0 Å². The Morgan fingerprint density at radius 1 is 1.00 bits per heavy atom. The molecule has 0 aromatic heterocycles. The van der Waals surface area contributed by atoms with E-state index in [4.69, 9.17) is 10.0 Å². The second-order valence-corrected chi connectivity index (χ2v) is 1.78. The van der Waals surface area contributed by atoms with Crippen LogP contribution in [0.3, 0.4) is 0 Å². The van der Waals surface area contributed by atoms with E-state index < -0.39 is 7.12 Å². The first kappa shape index (κ1) is 9.72. The Hall–Kier alpha value is -0.276. The minimum atomic E-state index is -1.34. The van der Waals surface area contributed by atoms with Gasteiger partial charge in [0.1, 0.15) is 0 Å². The molecule has 2 N–H and O–H groups in total. The maximum absolute atomic E-state index is 8.58. The largest absolute Gasteiger partial charge is 0.488 e. The van der Waals surface area contributed by atoms with Crippen LogP contribution in [0.4, 0.5) is 0 Å². The van der Waals surface area contributed by atoms with Crippen LogP contribution in [-0.4, -0.2) is 17.2 Å². The summed E-state index contributed by atoms with van der Waals surface area (Å²) in [6, 6.07) is 8.66. The minimum absolute atomic E-state index is 0. The van der Waals surface area contributed by atoms with E-state index in [2.05, 4.69) is 0 Å². The molecule has 0 aliphatic rings. The van der Waals surface area contributed by atoms with Crippen LogP contribution in [0, 0.1) is 0 Å². The van der Waals surface area contributed by atoms with Crippen molar-refractivity contribution in [2.24, 2.45) is 0 Å². The van der Waals surface area contributed by atoms with Gasteiger partial charge in [-0.3, -0.25) is 0 Å². The van der Waals surface area contributed by atoms with E-state index in [0.717, 1.165) is 0 Å². The van der Waals surface area contributed by atoms with Gasteiger partial charge in [0.15, 0.2) is 0 Å². The van der Waals surface area contributed by atoms with E-state index in [0.29, 0.717) is 5.46 Å². The molecule has 0 spiro atoms. The second-order valence-electron chi connectivity index (χ2n) is 1.78. The van der Waals surface area contributed by atoms with Gasteiger partial charge in [-0.2, -0.15) is 0 Å². The summed E-state index contributed by atoms with van der Waals surface area (Å²) in [4.78, 5) is 0. The minimum Gasteiger partial charge on any atom is -0.423 e. The zero-order valence-corrected chi connectivity index (χ0v) is 6.32. The standard InChI is InChI=1S/C6H7BO2.Fe/c8-7(9)6-4-2-1-3-5-6;/h1-5,8-9H;. The fourth-order valence-electron chi connectivity index (χ4n) is 0.625. The molecule has 1 aromatic rings. The van der Waals surface area contributed by atoms with Gasteiger partial charge < -0.3 is 10.0 Å². The summed E-state index contributed by atoms with van der Waals surface area (Å²) in [5.41, 5.74) is 0.525. The molecular weight excluding hydrogens is 171 g/mol. The van der Waals surface area contributed by atoms with E-state index >= 15 is 0 Å². The zero-order chi connectivity index (χ0) is 6.69. The van der Waals surface area contributed by atoms with Crippen molar-refractivity contribution in [2.45, 2.75) is 0 Å².